The first-order chi connectivity index (χ1) is 13.5. The fourth-order valence-corrected chi connectivity index (χ4v) is 4.94. The third-order valence-corrected chi connectivity index (χ3v) is 6.64. The molecule has 158 valence electrons. The van der Waals surface area contributed by atoms with Crippen LogP contribution >= 0.6 is 35.0 Å². The Morgan fingerprint density at radius 1 is 1.34 bits per heavy atom. The molecule has 0 N–H and O–H groups in total. The molecular weight excluding hydrogens is 429 g/mol. The minimum Gasteiger partial charge on any atom is -0.444 e. The molecule has 1 atom stereocenters. The topological polar surface area (TPSA) is 45.7 Å². The van der Waals surface area contributed by atoms with Gasteiger partial charge in [0.15, 0.2) is 0 Å². The van der Waals surface area contributed by atoms with Gasteiger partial charge in [-0.1, -0.05) is 23.2 Å². The number of benzene rings is 1. The number of carbonyl (C=O) groups is 1. The van der Waals surface area contributed by atoms with Crippen LogP contribution in [0.5, 0.6) is 0 Å². The summed E-state index contributed by atoms with van der Waals surface area (Å²) in [6.07, 6.45) is 0.780. The average molecular weight is 456 g/mol. The van der Waals surface area contributed by atoms with Gasteiger partial charge in [-0.3, -0.25) is 0 Å². The molecule has 5 nitrogen and oxygen atoms in total. The van der Waals surface area contributed by atoms with Crippen LogP contribution in [0.1, 0.15) is 32.8 Å². The van der Waals surface area contributed by atoms with E-state index in [4.69, 9.17) is 27.9 Å². The molecule has 1 aromatic carbocycles. The van der Waals surface area contributed by atoms with Crippen LogP contribution < -0.4 is 4.90 Å². The second-order valence-corrected chi connectivity index (χ2v) is 10.5. The molecule has 1 unspecified atom stereocenters. The van der Waals surface area contributed by atoms with E-state index in [0.717, 1.165) is 36.0 Å². The number of amides is 1. The van der Waals surface area contributed by atoms with Crippen molar-refractivity contribution < 1.29 is 9.53 Å². The minimum absolute atomic E-state index is 0.286. The molecule has 0 radical (unpaired) electrons. The highest BCUT2D eigenvalue weighted by Gasteiger charge is 2.26. The van der Waals surface area contributed by atoms with Gasteiger partial charge in [0.1, 0.15) is 10.8 Å². The zero-order valence-corrected chi connectivity index (χ0v) is 19.8. The molecule has 1 amide bonds. The van der Waals surface area contributed by atoms with Crippen molar-refractivity contribution in [1.29, 1.82) is 0 Å². The highest BCUT2D eigenvalue weighted by molar-refractivity contribution is 7.99. The number of anilines is 1. The molecule has 1 aliphatic rings. The van der Waals surface area contributed by atoms with E-state index in [1.165, 1.54) is 5.69 Å². The summed E-state index contributed by atoms with van der Waals surface area (Å²) in [6.45, 7) is 9.62. The lowest BCUT2D eigenvalue weighted by Gasteiger charge is -2.25. The molecule has 3 rings (SSSR count). The second kappa shape index (κ2) is 8.78. The van der Waals surface area contributed by atoms with Crippen LogP contribution in [0.15, 0.2) is 18.2 Å². The molecule has 0 spiro atoms. The van der Waals surface area contributed by atoms with Crippen molar-refractivity contribution in [2.75, 3.05) is 30.9 Å². The van der Waals surface area contributed by atoms with Gasteiger partial charge in [0, 0.05) is 36.5 Å². The number of ether oxygens (including phenoxy) is 1. The van der Waals surface area contributed by atoms with E-state index in [1.54, 1.807) is 29.8 Å². The summed E-state index contributed by atoms with van der Waals surface area (Å²) in [5.41, 5.74) is 2.66. The summed E-state index contributed by atoms with van der Waals surface area (Å²) in [5, 5.41) is 2.39. The van der Waals surface area contributed by atoms with Gasteiger partial charge >= 0.3 is 6.09 Å². The van der Waals surface area contributed by atoms with Gasteiger partial charge in [-0.25, -0.2) is 9.78 Å². The van der Waals surface area contributed by atoms with Crippen molar-refractivity contribution in [3.05, 3.63) is 33.9 Å². The summed E-state index contributed by atoms with van der Waals surface area (Å²) < 4.78 is 5.42. The number of hydrogen-bond donors (Lipinski definition) is 0. The lowest BCUT2D eigenvalue weighted by Crippen LogP contribution is -2.34. The monoisotopic (exact) mass is 455 g/mol. The molecule has 8 heteroatoms. The Bertz CT molecular complexity index is 917. The van der Waals surface area contributed by atoms with Crippen molar-refractivity contribution >= 4 is 57.6 Å². The average Bonchev–Trinajstić information content (AvgIpc) is 3.06. The Morgan fingerprint density at radius 2 is 2.07 bits per heavy atom. The van der Waals surface area contributed by atoms with Crippen molar-refractivity contribution in [1.82, 2.24) is 9.88 Å². The summed E-state index contributed by atoms with van der Waals surface area (Å²) in [5.74, 6) is 0.609. The molecule has 0 bridgehead atoms. The van der Waals surface area contributed by atoms with E-state index < -0.39 is 5.60 Å². The van der Waals surface area contributed by atoms with E-state index in [2.05, 4.69) is 22.9 Å². The molecule has 1 saturated heterocycles. The fraction of sp³-hybridized carbons (Fsp3) is 0.524. The Labute approximate surface area is 186 Å². The molecule has 0 saturated carbocycles. The maximum absolute atomic E-state index is 12.1. The summed E-state index contributed by atoms with van der Waals surface area (Å²) in [7, 11) is 1.78. The third kappa shape index (κ3) is 5.62. The Hall–Kier alpha value is -1.37. The van der Waals surface area contributed by atoms with Crippen LogP contribution in [0.25, 0.3) is 10.9 Å². The zero-order chi connectivity index (χ0) is 21.3. The standard InChI is InChI=1S/C21H27Cl2N3O2S/c1-13-8-17-15(16(22)10-19(23)24-17)9-18(13)26-7-6-14(11-26)29-12-25(5)20(27)28-21(2,3)4/h8-10,14H,6-7,11-12H2,1-5H3. The number of pyridine rings is 1. The number of aryl methyl sites for hydroxylation is 1. The highest BCUT2D eigenvalue weighted by Crippen LogP contribution is 2.35. The first-order valence-electron chi connectivity index (χ1n) is 9.60. The summed E-state index contributed by atoms with van der Waals surface area (Å²) in [6, 6.07) is 5.83. The van der Waals surface area contributed by atoms with E-state index >= 15 is 0 Å². The lowest BCUT2D eigenvalue weighted by molar-refractivity contribution is 0.0331. The quantitative estimate of drug-likeness (QED) is 0.418. The summed E-state index contributed by atoms with van der Waals surface area (Å²) in [4.78, 5) is 20.5. The molecular formula is C21H27Cl2N3O2S. The van der Waals surface area contributed by atoms with Crippen molar-refractivity contribution in [3.63, 3.8) is 0 Å². The normalized spacial score (nSPS) is 17.1. The van der Waals surface area contributed by atoms with Crippen LogP contribution in [0.2, 0.25) is 10.2 Å². The number of fused-ring (bicyclic) bond motifs is 1. The Kier molecular flexibility index (Phi) is 6.76. The number of hydrogen-bond acceptors (Lipinski definition) is 5. The number of thioether (sulfide) groups is 1. The van der Waals surface area contributed by atoms with Crippen molar-refractivity contribution in [2.24, 2.45) is 0 Å². The van der Waals surface area contributed by atoms with Gasteiger partial charge < -0.3 is 14.5 Å². The minimum atomic E-state index is -0.478. The molecule has 1 aromatic heterocycles. The van der Waals surface area contributed by atoms with Crippen molar-refractivity contribution in [3.8, 4) is 0 Å². The molecule has 2 heterocycles. The van der Waals surface area contributed by atoms with Crippen molar-refractivity contribution in [2.45, 2.75) is 45.0 Å². The number of aromatic nitrogens is 1. The molecule has 1 fully saturated rings. The molecule has 0 aliphatic carbocycles. The first kappa shape index (κ1) is 22.3. The summed E-state index contributed by atoms with van der Waals surface area (Å²) >= 11 is 14.2. The predicted molar refractivity (Wildman–Crippen MR) is 124 cm³/mol. The number of carbonyl (C=O) groups excluding carboxylic acids is 1. The third-order valence-electron chi connectivity index (χ3n) is 4.74. The van der Waals surface area contributed by atoms with Crippen LogP contribution in [0, 0.1) is 6.92 Å². The molecule has 2 aromatic rings. The predicted octanol–water partition coefficient (Wildman–Crippen LogP) is 5.99. The van der Waals surface area contributed by atoms with Crippen LogP contribution in [0.4, 0.5) is 10.5 Å². The van der Waals surface area contributed by atoms with Gasteiger partial charge in [0.25, 0.3) is 0 Å². The van der Waals surface area contributed by atoms with E-state index in [9.17, 15) is 4.79 Å². The van der Waals surface area contributed by atoms with Crippen LogP contribution in [0.3, 0.4) is 0 Å². The Morgan fingerprint density at radius 3 is 2.76 bits per heavy atom. The molecule has 29 heavy (non-hydrogen) atoms. The number of halogens is 2. The number of nitrogens with zero attached hydrogens (tertiary/aromatic N) is 3. The van der Waals surface area contributed by atoms with Gasteiger partial charge in [0.2, 0.25) is 0 Å². The van der Waals surface area contributed by atoms with Crippen LogP contribution in [-0.2, 0) is 4.74 Å². The fourth-order valence-electron chi connectivity index (χ4n) is 3.33. The van der Waals surface area contributed by atoms with Gasteiger partial charge in [0.05, 0.1) is 16.4 Å². The zero-order valence-electron chi connectivity index (χ0n) is 17.5. The van der Waals surface area contributed by atoms with Gasteiger partial charge in [-0.15, -0.1) is 11.8 Å². The lowest BCUT2D eigenvalue weighted by atomic mass is 10.1. The second-order valence-electron chi connectivity index (χ2n) is 8.41. The van der Waals surface area contributed by atoms with E-state index in [0.29, 0.717) is 21.3 Å². The van der Waals surface area contributed by atoms with Gasteiger partial charge in [-0.05, 0) is 57.9 Å². The smallest absolute Gasteiger partial charge is 0.410 e. The highest BCUT2D eigenvalue weighted by atomic mass is 35.5. The number of rotatable bonds is 4. The first-order valence-corrected chi connectivity index (χ1v) is 11.4. The maximum Gasteiger partial charge on any atom is 0.410 e. The maximum atomic E-state index is 12.1. The van der Waals surface area contributed by atoms with E-state index in [-0.39, 0.29) is 6.09 Å². The SMILES string of the molecule is Cc1cc2nc(Cl)cc(Cl)c2cc1N1CCC(SCN(C)C(=O)OC(C)(C)C)C1. The van der Waals surface area contributed by atoms with Crippen LogP contribution in [-0.4, -0.2) is 52.8 Å². The Balaban J connectivity index is 1.64. The van der Waals surface area contributed by atoms with E-state index in [1.807, 2.05) is 26.8 Å². The largest absolute Gasteiger partial charge is 0.444 e. The van der Waals surface area contributed by atoms with Gasteiger partial charge in [-0.2, -0.15) is 0 Å². The molecule has 1 aliphatic heterocycles.